The smallest absolute Gasteiger partial charge is 0.345 e. The number of nitro benzene ring substituents is 1. The van der Waals surface area contributed by atoms with Crippen LogP contribution in [-0.4, -0.2) is 20.4 Å². The molecule has 0 atom stereocenters. The molecule has 0 aliphatic heterocycles. The van der Waals surface area contributed by atoms with Gasteiger partial charge in [0.2, 0.25) is 0 Å². The Balaban J connectivity index is 1.96. The molecule has 2 aromatic carbocycles. The Kier molecular flexibility index (Phi) is 5.13. The third kappa shape index (κ3) is 3.43. The van der Waals surface area contributed by atoms with Crippen molar-refractivity contribution >= 4 is 22.6 Å². The molecule has 0 saturated carbocycles. The third-order valence-corrected chi connectivity index (χ3v) is 4.14. The maximum absolute atomic E-state index is 12.6. The lowest BCUT2D eigenvalue weighted by atomic mass is 10.1. The van der Waals surface area contributed by atoms with E-state index in [1.54, 1.807) is 24.3 Å². The monoisotopic (exact) mass is 378 g/mol. The minimum atomic E-state index is -0.915. The zero-order valence-corrected chi connectivity index (χ0v) is 14.8. The van der Waals surface area contributed by atoms with Crippen LogP contribution in [0.3, 0.4) is 0 Å². The van der Waals surface area contributed by atoms with Crippen LogP contribution in [0.25, 0.3) is 10.9 Å². The normalized spacial score (nSPS) is 10.4. The van der Waals surface area contributed by atoms with Crippen molar-refractivity contribution in [3.8, 4) is 6.07 Å². The Morgan fingerprint density at radius 1 is 1.29 bits per heavy atom. The molecule has 0 amide bonds. The van der Waals surface area contributed by atoms with Gasteiger partial charge in [0.1, 0.15) is 18.7 Å². The Morgan fingerprint density at radius 2 is 2.04 bits per heavy atom. The van der Waals surface area contributed by atoms with Gasteiger partial charge in [-0.05, 0) is 25.1 Å². The maximum atomic E-state index is 12.6. The zero-order chi connectivity index (χ0) is 20.3. The number of para-hydroxylation sites is 2. The van der Waals surface area contributed by atoms with Gasteiger partial charge < -0.3 is 4.74 Å². The van der Waals surface area contributed by atoms with Crippen LogP contribution >= 0.6 is 0 Å². The van der Waals surface area contributed by atoms with Gasteiger partial charge in [0.05, 0.1) is 21.9 Å². The molecular weight excluding hydrogens is 364 g/mol. The molecule has 9 heteroatoms. The van der Waals surface area contributed by atoms with E-state index >= 15 is 0 Å². The Bertz CT molecular complexity index is 1190. The molecule has 1 aromatic heterocycles. The van der Waals surface area contributed by atoms with E-state index in [1.807, 2.05) is 6.07 Å². The summed E-state index contributed by atoms with van der Waals surface area (Å²) in [5.41, 5.74) is -0.243. The fourth-order valence-electron chi connectivity index (χ4n) is 2.83. The van der Waals surface area contributed by atoms with Crippen molar-refractivity contribution in [1.82, 2.24) is 9.55 Å². The number of nitro groups is 1. The number of nitrogens with zero attached hydrogens (tertiary/aromatic N) is 4. The highest BCUT2D eigenvalue weighted by atomic mass is 16.6. The number of fused-ring (bicyclic) bond motifs is 1. The highest BCUT2D eigenvalue weighted by Gasteiger charge is 2.24. The first kappa shape index (κ1) is 18.7. The molecule has 3 aromatic rings. The van der Waals surface area contributed by atoms with E-state index in [-0.39, 0.29) is 23.6 Å². The van der Waals surface area contributed by atoms with Gasteiger partial charge in [-0.1, -0.05) is 24.3 Å². The van der Waals surface area contributed by atoms with E-state index in [2.05, 4.69) is 4.98 Å². The van der Waals surface area contributed by atoms with Crippen LogP contribution in [0.5, 0.6) is 0 Å². The summed E-state index contributed by atoms with van der Waals surface area (Å²) >= 11 is 0. The van der Waals surface area contributed by atoms with Gasteiger partial charge in [-0.2, -0.15) is 5.26 Å². The number of carbonyl (C=O) groups excluding carboxylic acids is 1. The van der Waals surface area contributed by atoms with Crippen LogP contribution in [0.4, 0.5) is 5.69 Å². The number of aryl methyl sites for hydroxylation is 1. The fourth-order valence-corrected chi connectivity index (χ4v) is 2.83. The second-order valence-electron chi connectivity index (χ2n) is 5.90. The summed E-state index contributed by atoms with van der Waals surface area (Å²) in [6.45, 7) is 0.838. The number of hydrogen-bond donors (Lipinski definition) is 0. The van der Waals surface area contributed by atoms with Crippen molar-refractivity contribution in [1.29, 1.82) is 5.26 Å². The van der Waals surface area contributed by atoms with E-state index in [0.29, 0.717) is 16.5 Å². The topological polar surface area (TPSA) is 128 Å². The number of rotatable bonds is 5. The number of benzene rings is 2. The molecule has 3 rings (SSSR count). The number of esters is 1. The lowest BCUT2D eigenvalue weighted by molar-refractivity contribution is -0.385. The van der Waals surface area contributed by atoms with Gasteiger partial charge in [0, 0.05) is 5.56 Å². The molecule has 140 valence electrons. The van der Waals surface area contributed by atoms with Crippen molar-refractivity contribution < 1.29 is 14.5 Å². The fraction of sp³-hybridized carbons (Fsp3) is 0.158. The lowest BCUT2D eigenvalue weighted by Gasteiger charge is -2.11. The van der Waals surface area contributed by atoms with Gasteiger partial charge >= 0.3 is 5.97 Å². The Hall–Kier alpha value is -4.06. The van der Waals surface area contributed by atoms with Crippen LogP contribution in [0, 0.1) is 28.4 Å². The van der Waals surface area contributed by atoms with Crippen LogP contribution in [0.15, 0.2) is 47.3 Å². The van der Waals surface area contributed by atoms with E-state index in [1.165, 1.54) is 25.1 Å². The average Bonchev–Trinajstić information content (AvgIpc) is 2.68. The minimum absolute atomic E-state index is 0.0777. The van der Waals surface area contributed by atoms with Crippen molar-refractivity contribution in [2.75, 3.05) is 0 Å². The van der Waals surface area contributed by atoms with Crippen LogP contribution < -0.4 is 5.56 Å². The molecule has 0 N–H and O–H groups in total. The third-order valence-electron chi connectivity index (χ3n) is 4.14. The first-order valence-corrected chi connectivity index (χ1v) is 8.20. The highest BCUT2D eigenvalue weighted by Crippen LogP contribution is 2.24. The number of aromatic nitrogens is 2. The molecule has 0 radical (unpaired) electrons. The van der Waals surface area contributed by atoms with Crippen LogP contribution in [-0.2, 0) is 17.9 Å². The SMILES string of the molecule is Cc1cccc(C(=O)OCc2nc3ccccc3c(=O)n2CC#N)c1[N+](=O)[O-]. The highest BCUT2D eigenvalue weighted by molar-refractivity contribution is 5.94. The summed E-state index contributed by atoms with van der Waals surface area (Å²) < 4.78 is 6.29. The summed E-state index contributed by atoms with van der Waals surface area (Å²) in [6, 6.07) is 12.8. The molecule has 0 aliphatic rings. The second kappa shape index (κ2) is 7.67. The molecule has 1 heterocycles. The van der Waals surface area contributed by atoms with E-state index < -0.39 is 23.1 Å². The lowest BCUT2D eigenvalue weighted by Crippen LogP contribution is -2.26. The van der Waals surface area contributed by atoms with E-state index in [9.17, 15) is 19.7 Å². The first-order valence-electron chi connectivity index (χ1n) is 8.20. The predicted octanol–water partition coefficient (Wildman–Crippen LogP) is 2.49. The van der Waals surface area contributed by atoms with Crippen LogP contribution in [0.2, 0.25) is 0 Å². The van der Waals surface area contributed by atoms with Gasteiger partial charge in [-0.25, -0.2) is 9.78 Å². The second-order valence-corrected chi connectivity index (χ2v) is 5.90. The van der Waals surface area contributed by atoms with E-state index in [0.717, 1.165) is 4.57 Å². The molecule has 0 bridgehead atoms. The van der Waals surface area contributed by atoms with Gasteiger partial charge in [-0.15, -0.1) is 0 Å². The summed E-state index contributed by atoms with van der Waals surface area (Å²) in [6.07, 6.45) is 0. The summed E-state index contributed by atoms with van der Waals surface area (Å²) in [4.78, 5) is 39.9. The number of carbonyl (C=O) groups is 1. The minimum Gasteiger partial charge on any atom is -0.454 e. The van der Waals surface area contributed by atoms with Crippen molar-refractivity contribution in [3.05, 3.63) is 79.9 Å². The summed E-state index contributed by atoms with van der Waals surface area (Å²) in [5.74, 6) is -0.838. The first-order chi connectivity index (χ1) is 13.4. The Morgan fingerprint density at radius 3 is 2.75 bits per heavy atom. The average molecular weight is 378 g/mol. The molecule has 0 saturated heterocycles. The van der Waals surface area contributed by atoms with E-state index in [4.69, 9.17) is 10.00 Å². The zero-order valence-electron chi connectivity index (χ0n) is 14.8. The van der Waals surface area contributed by atoms with Gasteiger partial charge in [-0.3, -0.25) is 19.5 Å². The van der Waals surface area contributed by atoms with Gasteiger partial charge in [0.15, 0.2) is 5.82 Å². The molecule has 0 unspecified atom stereocenters. The largest absolute Gasteiger partial charge is 0.454 e. The number of ether oxygens (including phenoxy) is 1. The predicted molar refractivity (Wildman–Crippen MR) is 98.6 cm³/mol. The number of hydrogen-bond acceptors (Lipinski definition) is 7. The van der Waals surface area contributed by atoms with Crippen LogP contribution in [0.1, 0.15) is 21.7 Å². The molecule has 9 nitrogen and oxygen atoms in total. The van der Waals surface area contributed by atoms with Crippen molar-refractivity contribution in [3.63, 3.8) is 0 Å². The maximum Gasteiger partial charge on any atom is 0.345 e. The standard InChI is InChI=1S/C19H14N4O5/c1-12-5-4-7-14(17(12)23(26)27)19(25)28-11-16-21-15-8-3-2-6-13(15)18(24)22(16)10-9-20/h2-8H,10-11H2,1H3. The summed E-state index contributed by atoms with van der Waals surface area (Å²) in [5, 5.41) is 20.6. The molecule has 0 spiro atoms. The number of nitriles is 1. The molecule has 0 aliphatic carbocycles. The molecular formula is C19H14N4O5. The summed E-state index contributed by atoms with van der Waals surface area (Å²) in [7, 11) is 0. The van der Waals surface area contributed by atoms with Crippen molar-refractivity contribution in [2.45, 2.75) is 20.1 Å². The molecule has 0 fully saturated rings. The van der Waals surface area contributed by atoms with Gasteiger partial charge in [0.25, 0.3) is 11.2 Å². The quantitative estimate of drug-likeness (QED) is 0.379. The van der Waals surface area contributed by atoms with Crippen molar-refractivity contribution in [2.24, 2.45) is 0 Å². The Labute approximate surface area is 158 Å². The molecule has 28 heavy (non-hydrogen) atoms.